The van der Waals surface area contributed by atoms with E-state index < -0.39 is 9.84 Å². The van der Waals surface area contributed by atoms with Gasteiger partial charge in [-0.25, -0.2) is 8.42 Å². The molecule has 2 heterocycles. The van der Waals surface area contributed by atoms with Gasteiger partial charge in [-0.1, -0.05) is 47.5 Å². The number of fused-ring (bicyclic) bond motifs is 3. The van der Waals surface area contributed by atoms with Crippen molar-refractivity contribution in [3.8, 4) is 11.1 Å². The molecule has 0 aliphatic rings. The van der Waals surface area contributed by atoms with Crippen molar-refractivity contribution in [1.29, 1.82) is 0 Å². The van der Waals surface area contributed by atoms with E-state index >= 15 is 0 Å². The Morgan fingerprint density at radius 3 is 2.39 bits per heavy atom. The summed E-state index contributed by atoms with van der Waals surface area (Å²) in [5.41, 5.74) is 3.50. The van der Waals surface area contributed by atoms with Gasteiger partial charge in [-0.05, 0) is 47.5 Å². The van der Waals surface area contributed by atoms with Crippen molar-refractivity contribution >= 4 is 61.2 Å². The molecule has 0 bridgehead atoms. The predicted octanol–water partition coefficient (Wildman–Crippen LogP) is 5.42. The molecule has 0 aliphatic carbocycles. The van der Waals surface area contributed by atoms with Crippen LogP contribution in [0.5, 0.6) is 0 Å². The van der Waals surface area contributed by atoms with Crippen LogP contribution in [0.1, 0.15) is 0 Å². The van der Waals surface area contributed by atoms with Crippen molar-refractivity contribution in [2.24, 2.45) is 0 Å². The molecule has 7 nitrogen and oxygen atoms in total. The first-order valence-corrected chi connectivity index (χ1v) is 12.5. The molecule has 10 heteroatoms. The van der Waals surface area contributed by atoms with Crippen molar-refractivity contribution in [2.75, 3.05) is 18.2 Å². The molecule has 0 radical (unpaired) electrons. The molecule has 0 aliphatic heterocycles. The van der Waals surface area contributed by atoms with Gasteiger partial charge in [0.15, 0.2) is 9.84 Å². The quantitative estimate of drug-likeness (QED) is 0.329. The summed E-state index contributed by atoms with van der Waals surface area (Å²) < 4.78 is 25.3. The van der Waals surface area contributed by atoms with Gasteiger partial charge in [0.05, 0.1) is 20.5 Å². The first kappa shape index (κ1) is 21.6. The van der Waals surface area contributed by atoms with E-state index in [2.05, 4.69) is 10.2 Å². The average Bonchev–Trinajstić information content (AvgIpc) is 3.27. The van der Waals surface area contributed by atoms with E-state index in [0.717, 1.165) is 27.7 Å². The van der Waals surface area contributed by atoms with Crippen molar-refractivity contribution in [1.82, 2.24) is 19.6 Å². The highest BCUT2D eigenvalue weighted by molar-refractivity contribution is 7.90. The molecule has 0 saturated carbocycles. The lowest BCUT2D eigenvalue weighted by molar-refractivity contribution is 0.602. The van der Waals surface area contributed by atoms with E-state index in [9.17, 15) is 8.42 Å². The van der Waals surface area contributed by atoms with Gasteiger partial charge in [0, 0.05) is 24.4 Å². The highest BCUT2D eigenvalue weighted by Gasteiger charge is 2.17. The monoisotopic (exact) mass is 497 g/mol. The Balaban J connectivity index is 1.62. The van der Waals surface area contributed by atoms with E-state index in [-0.39, 0.29) is 4.90 Å². The van der Waals surface area contributed by atoms with Crippen LogP contribution in [-0.2, 0) is 9.84 Å². The molecular weight excluding hydrogens is 481 g/mol. The largest absolute Gasteiger partial charge is 0.329 e. The Labute approximate surface area is 200 Å². The summed E-state index contributed by atoms with van der Waals surface area (Å²) in [6, 6.07) is 18.3. The second-order valence-electron chi connectivity index (χ2n) is 7.63. The third-order valence-corrected chi connectivity index (χ3v) is 7.29. The fourth-order valence-corrected chi connectivity index (χ4v) is 4.66. The number of sulfone groups is 1. The van der Waals surface area contributed by atoms with Gasteiger partial charge < -0.3 is 4.90 Å². The first-order valence-electron chi connectivity index (χ1n) is 9.85. The standard InChI is InChI=1S/C23H17Cl2N5O2S/c1-29(16-5-3-4-15(10-16)14-6-8-17(9-7-14)33(2,31)32)22-18-11-19(24)20(25)12-21(18)30-13-26-28-23(30)27-22/h3-13H,1-2H3. The summed E-state index contributed by atoms with van der Waals surface area (Å²) >= 11 is 12.6. The molecule has 0 amide bonds. The summed E-state index contributed by atoms with van der Waals surface area (Å²) in [5, 5.41) is 9.72. The smallest absolute Gasteiger partial charge is 0.257 e. The van der Waals surface area contributed by atoms with Crippen molar-refractivity contribution in [3.63, 3.8) is 0 Å². The minimum atomic E-state index is -3.25. The molecule has 0 spiro atoms. The number of halogens is 2. The van der Waals surface area contributed by atoms with Gasteiger partial charge >= 0.3 is 0 Å². The first-order chi connectivity index (χ1) is 15.7. The molecule has 166 valence electrons. The van der Waals surface area contributed by atoms with Crippen LogP contribution in [0.4, 0.5) is 11.5 Å². The number of hydrogen-bond acceptors (Lipinski definition) is 6. The highest BCUT2D eigenvalue weighted by atomic mass is 35.5. The number of aromatic nitrogens is 4. The van der Waals surface area contributed by atoms with Crippen LogP contribution in [0.3, 0.4) is 0 Å². The molecule has 0 unspecified atom stereocenters. The van der Waals surface area contributed by atoms with Crippen LogP contribution in [0.2, 0.25) is 10.0 Å². The molecule has 0 N–H and O–H groups in total. The van der Waals surface area contributed by atoms with Crippen molar-refractivity contribution in [3.05, 3.63) is 77.0 Å². The third kappa shape index (κ3) is 3.90. The molecule has 5 rings (SSSR count). The Kier molecular flexibility index (Phi) is 5.23. The lowest BCUT2D eigenvalue weighted by Gasteiger charge is -2.21. The zero-order valence-electron chi connectivity index (χ0n) is 17.6. The summed E-state index contributed by atoms with van der Waals surface area (Å²) in [6.07, 6.45) is 2.78. The number of hydrogen-bond donors (Lipinski definition) is 0. The minimum absolute atomic E-state index is 0.285. The Hall–Kier alpha value is -3.20. The average molecular weight is 498 g/mol. The normalized spacial score (nSPS) is 11.9. The molecular formula is C23H17Cl2N5O2S. The molecule has 0 saturated heterocycles. The lowest BCUT2D eigenvalue weighted by Crippen LogP contribution is -2.13. The SMILES string of the molecule is CN(c1cccc(-c2ccc(S(C)(=O)=O)cc2)c1)c1nc2nncn2c2cc(Cl)c(Cl)cc12. The van der Waals surface area contributed by atoms with E-state index in [4.69, 9.17) is 28.2 Å². The fraction of sp³-hybridized carbons (Fsp3) is 0.0870. The maximum atomic E-state index is 11.8. The third-order valence-electron chi connectivity index (χ3n) is 5.44. The minimum Gasteiger partial charge on any atom is -0.329 e. The Morgan fingerprint density at radius 2 is 1.67 bits per heavy atom. The maximum absolute atomic E-state index is 11.8. The number of benzene rings is 3. The van der Waals surface area contributed by atoms with E-state index in [1.165, 1.54) is 6.26 Å². The van der Waals surface area contributed by atoms with Gasteiger partial charge in [0.1, 0.15) is 12.1 Å². The van der Waals surface area contributed by atoms with E-state index in [0.29, 0.717) is 21.6 Å². The second kappa shape index (κ2) is 7.98. The summed E-state index contributed by atoms with van der Waals surface area (Å²) in [5.74, 6) is 1.09. The Bertz CT molecular complexity index is 1630. The van der Waals surface area contributed by atoms with Gasteiger partial charge in [-0.15, -0.1) is 10.2 Å². The molecule has 5 aromatic rings. The molecule has 0 atom stereocenters. The van der Waals surface area contributed by atoms with Crippen LogP contribution < -0.4 is 4.90 Å². The highest BCUT2D eigenvalue weighted by Crippen LogP contribution is 2.36. The predicted molar refractivity (Wildman–Crippen MR) is 131 cm³/mol. The molecule has 3 aromatic carbocycles. The fourth-order valence-electron chi connectivity index (χ4n) is 3.71. The molecule has 0 fully saturated rings. The van der Waals surface area contributed by atoms with Gasteiger partial charge in [-0.3, -0.25) is 4.40 Å². The summed E-state index contributed by atoms with van der Waals surface area (Å²) in [6.45, 7) is 0. The Morgan fingerprint density at radius 1 is 0.939 bits per heavy atom. The van der Waals surface area contributed by atoms with Gasteiger partial charge in [-0.2, -0.15) is 4.98 Å². The summed E-state index contributed by atoms with van der Waals surface area (Å²) in [4.78, 5) is 6.92. The number of nitrogens with zero attached hydrogens (tertiary/aromatic N) is 5. The van der Waals surface area contributed by atoms with Crippen LogP contribution in [0.15, 0.2) is 71.9 Å². The van der Waals surface area contributed by atoms with Crippen molar-refractivity contribution in [2.45, 2.75) is 4.90 Å². The topological polar surface area (TPSA) is 80.5 Å². The van der Waals surface area contributed by atoms with Crippen LogP contribution in [-0.4, -0.2) is 41.3 Å². The number of rotatable bonds is 4. The van der Waals surface area contributed by atoms with Crippen LogP contribution in [0, 0.1) is 0 Å². The number of anilines is 2. The molecule has 2 aromatic heterocycles. The summed E-state index contributed by atoms with van der Waals surface area (Å²) in [7, 11) is -1.34. The van der Waals surface area contributed by atoms with Gasteiger partial charge in [0.25, 0.3) is 5.78 Å². The van der Waals surface area contributed by atoms with E-state index in [1.807, 2.05) is 36.2 Å². The van der Waals surface area contributed by atoms with Gasteiger partial charge in [0.2, 0.25) is 0 Å². The molecule has 33 heavy (non-hydrogen) atoms. The second-order valence-corrected chi connectivity index (χ2v) is 10.5. The maximum Gasteiger partial charge on any atom is 0.257 e. The zero-order chi connectivity index (χ0) is 23.3. The van der Waals surface area contributed by atoms with Crippen molar-refractivity contribution < 1.29 is 8.42 Å². The zero-order valence-corrected chi connectivity index (χ0v) is 19.9. The lowest BCUT2D eigenvalue weighted by atomic mass is 10.0. The van der Waals surface area contributed by atoms with Crippen LogP contribution >= 0.6 is 23.2 Å². The van der Waals surface area contributed by atoms with E-state index in [1.54, 1.807) is 47.1 Å². The van der Waals surface area contributed by atoms with Crippen LogP contribution in [0.25, 0.3) is 27.8 Å².